The quantitative estimate of drug-likeness (QED) is 0.818. The number of carbonyl (C=O) groups excluding carboxylic acids is 2. The SMILES string of the molecule is CC1(C)C(=O)N[C@@H]1C1CCN(C(=O)Nc2ccc(F)cn2)CC1. The maximum Gasteiger partial charge on any atom is 0.323 e. The maximum absolute atomic E-state index is 12.8. The normalized spacial score (nSPS) is 23.9. The molecule has 3 amide bonds. The summed E-state index contributed by atoms with van der Waals surface area (Å²) >= 11 is 0. The first-order chi connectivity index (χ1) is 10.9. The summed E-state index contributed by atoms with van der Waals surface area (Å²) in [6.45, 7) is 5.21. The maximum atomic E-state index is 12.8. The van der Waals surface area contributed by atoms with Gasteiger partial charge < -0.3 is 10.2 Å². The Labute approximate surface area is 134 Å². The van der Waals surface area contributed by atoms with Crippen molar-refractivity contribution in [2.75, 3.05) is 18.4 Å². The van der Waals surface area contributed by atoms with E-state index in [4.69, 9.17) is 0 Å². The van der Waals surface area contributed by atoms with Gasteiger partial charge in [-0.1, -0.05) is 0 Å². The molecule has 2 aliphatic heterocycles. The Morgan fingerprint density at radius 2 is 2.09 bits per heavy atom. The minimum absolute atomic E-state index is 0.102. The van der Waals surface area contributed by atoms with Crippen molar-refractivity contribution < 1.29 is 14.0 Å². The van der Waals surface area contributed by atoms with Crippen molar-refractivity contribution in [3.63, 3.8) is 0 Å². The van der Waals surface area contributed by atoms with Crippen LogP contribution in [0.2, 0.25) is 0 Å². The molecule has 1 aromatic rings. The van der Waals surface area contributed by atoms with Crippen LogP contribution < -0.4 is 10.6 Å². The third kappa shape index (κ3) is 3.00. The molecule has 23 heavy (non-hydrogen) atoms. The molecule has 0 spiro atoms. The van der Waals surface area contributed by atoms with Crippen molar-refractivity contribution in [2.24, 2.45) is 11.3 Å². The van der Waals surface area contributed by atoms with Crippen LogP contribution in [0.3, 0.4) is 0 Å². The van der Waals surface area contributed by atoms with Gasteiger partial charge in [-0.2, -0.15) is 0 Å². The number of rotatable bonds is 2. The lowest BCUT2D eigenvalue weighted by atomic mass is 9.68. The zero-order chi connectivity index (χ0) is 16.6. The van der Waals surface area contributed by atoms with Crippen LogP contribution in [-0.4, -0.2) is 41.0 Å². The van der Waals surface area contributed by atoms with Crippen LogP contribution in [0.4, 0.5) is 15.0 Å². The molecule has 3 heterocycles. The van der Waals surface area contributed by atoms with E-state index in [1.807, 2.05) is 13.8 Å². The van der Waals surface area contributed by atoms with Gasteiger partial charge in [-0.15, -0.1) is 0 Å². The molecule has 2 fully saturated rings. The van der Waals surface area contributed by atoms with Crippen molar-refractivity contribution in [1.82, 2.24) is 15.2 Å². The number of likely N-dealkylation sites (tertiary alicyclic amines) is 1. The molecule has 0 unspecified atom stereocenters. The molecule has 7 heteroatoms. The molecular formula is C16H21FN4O2. The van der Waals surface area contributed by atoms with E-state index in [0.29, 0.717) is 24.8 Å². The van der Waals surface area contributed by atoms with Gasteiger partial charge in [0.1, 0.15) is 11.6 Å². The minimum Gasteiger partial charge on any atom is -0.351 e. The zero-order valence-electron chi connectivity index (χ0n) is 13.3. The average Bonchev–Trinajstić information content (AvgIpc) is 2.55. The fourth-order valence-electron chi connectivity index (χ4n) is 3.35. The van der Waals surface area contributed by atoms with Gasteiger partial charge in [-0.25, -0.2) is 14.2 Å². The summed E-state index contributed by atoms with van der Waals surface area (Å²) in [5.74, 6) is 0.403. The van der Waals surface area contributed by atoms with Crippen molar-refractivity contribution in [3.8, 4) is 0 Å². The van der Waals surface area contributed by atoms with Gasteiger partial charge in [0, 0.05) is 19.1 Å². The lowest BCUT2D eigenvalue weighted by Gasteiger charge is -2.50. The van der Waals surface area contributed by atoms with E-state index in [9.17, 15) is 14.0 Å². The van der Waals surface area contributed by atoms with E-state index in [1.165, 1.54) is 12.1 Å². The van der Waals surface area contributed by atoms with Gasteiger partial charge >= 0.3 is 6.03 Å². The largest absolute Gasteiger partial charge is 0.351 e. The van der Waals surface area contributed by atoms with E-state index < -0.39 is 5.82 Å². The number of hydrogen-bond donors (Lipinski definition) is 2. The second-order valence-corrected chi connectivity index (χ2v) is 6.79. The van der Waals surface area contributed by atoms with Crippen molar-refractivity contribution in [1.29, 1.82) is 0 Å². The number of anilines is 1. The van der Waals surface area contributed by atoms with E-state index >= 15 is 0 Å². The highest BCUT2D eigenvalue weighted by molar-refractivity contribution is 5.89. The monoisotopic (exact) mass is 320 g/mol. The summed E-state index contributed by atoms with van der Waals surface area (Å²) < 4.78 is 12.8. The van der Waals surface area contributed by atoms with Crippen LogP contribution >= 0.6 is 0 Å². The summed E-state index contributed by atoms with van der Waals surface area (Å²) in [6, 6.07) is 2.67. The number of β-lactam (4-membered cyclic amide) rings is 1. The van der Waals surface area contributed by atoms with Crippen LogP contribution in [0.25, 0.3) is 0 Å². The molecule has 2 saturated heterocycles. The highest BCUT2D eigenvalue weighted by atomic mass is 19.1. The number of nitrogens with zero attached hydrogens (tertiary/aromatic N) is 2. The molecule has 0 saturated carbocycles. The molecule has 1 atom stereocenters. The van der Waals surface area contributed by atoms with Crippen LogP contribution in [0, 0.1) is 17.2 Å². The van der Waals surface area contributed by atoms with Gasteiger partial charge in [-0.05, 0) is 44.7 Å². The molecule has 0 bridgehead atoms. The lowest BCUT2D eigenvalue weighted by molar-refractivity contribution is -0.146. The summed E-state index contributed by atoms with van der Waals surface area (Å²) in [5.41, 5.74) is -0.312. The van der Waals surface area contributed by atoms with E-state index in [1.54, 1.807) is 4.90 Å². The Kier molecular flexibility index (Phi) is 3.95. The Bertz CT molecular complexity index is 609. The molecule has 2 N–H and O–H groups in total. The summed E-state index contributed by atoms with van der Waals surface area (Å²) in [4.78, 5) is 29.3. The molecule has 124 valence electrons. The van der Waals surface area contributed by atoms with Crippen molar-refractivity contribution >= 4 is 17.8 Å². The number of amides is 3. The van der Waals surface area contributed by atoms with Crippen LogP contribution in [0.5, 0.6) is 0 Å². The predicted molar refractivity (Wildman–Crippen MR) is 83.2 cm³/mol. The van der Waals surface area contributed by atoms with Gasteiger partial charge in [0.25, 0.3) is 0 Å². The van der Waals surface area contributed by atoms with E-state index in [-0.39, 0.29) is 23.4 Å². The van der Waals surface area contributed by atoms with Crippen LogP contribution in [-0.2, 0) is 4.79 Å². The number of aromatic nitrogens is 1. The second-order valence-electron chi connectivity index (χ2n) is 6.79. The summed E-state index contributed by atoms with van der Waals surface area (Å²) in [5, 5.41) is 5.66. The third-order valence-electron chi connectivity index (χ3n) is 4.91. The second kappa shape index (κ2) is 5.79. The first kappa shape index (κ1) is 15.7. The van der Waals surface area contributed by atoms with Crippen LogP contribution in [0.1, 0.15) is 26.7 Å². The summed E-state index contributed by atoms with van der Waals surface area (Å²) in [7, 11) is 0. The minimum atomic E-state index is -0.436. The zero-order valence-corrected chi connectivity index (χ0v) is 13.3. The molecule has 2 aliphatic rings. The molecule has 1 aromatic heterocycles. The van der Waals surface area contributed by atoms with E-state index in [2.05, 4.69) is 15.6 Å². The Balaban J connectivity index is 1.52. The Morgan fingerprint density at radius 1 is 1.39 bits per heavy atom. The van der Waals surface area contributed by atoms with Crippen molar-refractivity contribution in [2.45, 2.75) is 32.7 Å². The molecule has 0 radical (unpaired) electrons. The highest BCUT2D eigenvalue weighted by Crippen LogP contribution is 2.38. The molecule has 0 aromatic carbocycles. The first-order valence-electron chi connectivity index (χ1n) is 7.86. The molecular weight excluding hydrogens is 299 g/mol. The fraction of sp³-hybridized carbons (Fsp3) is 0.562. The molecule has 3 rings (SSSR count). The average molecular weight is 320 g/mol. The third-order valence-corrected chi connectivity index (χ3v) is 4.91. The van der Waals surface area contributed by atoms with Gasteiger partial charge in [0.15, 0.2) is 0 Å². The summed E-state index contributed by atoms with van der Waals surface area (Å²) in [6.07, 6.45) is 2.79. The standard InChI is InChI=1S/C16H21FN4O2/c1-16(2)13(20-14(16)22)10-5-7-21(8-6-10)15(23)19-12-4-3-11(17)9-18-12/h3-4,9-10,13H,5-8H2,1-2H3,(H,20,22)(H,18,19,23)/t13-/m1/s1. The molecule has 0 aliphatic carbocycles. The number of pyridine rings is 1. The highest BCUT2D eigenvalue weighted by Gasteiger charge is 2.51. The first-order valence-corrected chi connectivity index (χ1v) is 7.86. The Morgan fingerprint density at radius 3 is 2.61 bits per heavy atom. The molecule has 6 nitrogen and oxygen atoms in total. The van der Waals surface area contributed by atoms with E-state index in [0.717, 1.165) is 19.0 Å². The van der Waals surface area contributed by atoms with Gasteiger partial charge in [0.2, 0.25) is 5.91 Å². The van der Waals surface area contributed by atoms with Crippen LogP contribution in [0.15, 0.2) is 18.3 Å². The lowest BCUT2D eigenvalue weighted by Crippen LogP contribution is -2.68. The van der Waals surface area contributed by atoms with Crippen molar-refractivity contribution in [3.05, 3.63) is 24.1 Å². The number of urea groups is 1. The smallest absolute Gasteiger partial charge is 0.323 e. The Hall–Kier alpha value is -2.18. The topological polar surface area (TPSA) is 74.3 Å². The van der Waals surface area contributed by atoms with Gasteiger partial charge in [-0.3, -0.25) is 10.1 Å². The predicted octanol–water partition coefficient (Wildman–Crippen LogP) is 1.99. The number of carbonyl (C=O) groups is 2. The number of nitrogens with one attached hydrogen (secondary N) is 2. The number of hydrogen-bond acceptors (Lipinski definition) is 3. The number of halogens is 1. The van der Waals surface area contributed by atoms with Gasteiger partial charge in [0.05, 0.1) is 11.6 Å². The fourth-order valence-corrected chi connectivity index (χ4v) is 3.35. The number of piperidine rings is 1.